The van der Waals surface area contributed by atoms with Crippen molar-refractivity contribution >= 4 is 5.82 Å². The first-order valence-corrected chi connectivity index (χ1v) is 4.25. The Labute approximate surface area is 81.5 Å². The summed E-state index contributed by atoms with van der Waals surface area (Å²) < 4.78 is 24.0. The molecule has 0 saturated heterocycles. The van der Waals surface area contributed by atoms with Crippen LogP contribution in [0.5, 0.6) is 0 Å². The number of nitrogen functional groups attached to an aromatic ring is 1. The molecule has 5 heteroatoms. The van der Waals surface area contributed by atoms with Gasteiger partial charge in [-0.3, -0.25) is 4.90 Å². The minimum atomic E-state index is -2.32. The molecule has 0 fully saturated rings. The summed E-state index contributed by atoms with van der Waals surface area (Å²) >= 11 is 0. The van der Waals surface area contributed by atoms with Crippen molar-refractivity contribution in [1.82, 2.24) is 9.88 Å². The number of nitrogens with two attached hydrogens (primary N) is 1. The zero-order valence-electron chi connectivity index (χ0n) is 7.95. The summed E-state index contributed by atoms with van der Waals surface area (Å²) in [5, 5.41) is 0. The van der Waals surface area contributed by atoms with Gasteiger partial charge in [0.2, 0.25) is 0 Å². The van der Waals surface area contributed by atoms with Gasteiger partial charge in [0, 0.05) is 18.3 Å². The fraction of sp³-hybridized carbons (Fsp3) is 0.444. The van der Waals surface area contributed by atoms with Crippen LogP contribution in [0, 0.1) is 0 Å². The zero-order chi connectivity index (χ0) is 10.6. The molecule has 0 bridgehead atoms. The van der Waals surface area contributed by atoms with Crippen LogP contribution in [0.25, 0.3) is 0 Å². The second kappa shape index (κ2) is 4.85. The highest BCUT2D eigenvalue weighted by Gasteiger charge is 2.09. The van der Waals surface area contributed by atoms with E-state index in [1.54, 1.807) is 25.4 Å². The van der Waals surface area contributed by atoms with Gasteiger partial charge in [-0.2, -0.15) is 0 Å². The lowest BCUT2D eigenvalue weighted by Gasteiger charge is -2.16. The van der Waals surface area contributed by atoms with Crippen molar-refractivity contribution in [3.8, 4) is 0 Å². The first-order valence-electron chi connectivity index (χ1n) is 4.25. The number of hydrogen-bond donors (Lipinski definition) is 1. The molecule has 3 nitrogen and oxygen atoms in total. The molecule has 0 saturated carbocycles. The Kier molecular flexibility index (Phi) is 3.76. The molecule has 1 aromatic heterocycles. The summed E-state index contributed by atoms with van der Waals surface area (Å²) in [7, 11) is 1.62. The molecule has 1 heterocycles. The Bertz CT molecular complexity index is 291. The first kappa shape index (κ1) is 10.8. The topological polar surface area (TPSA) is 42.2 Å². The summed E-state index contributed by atoms with van der Waals surface area (Å²) in [6.07, 6.45) is -0.746. The summed E-state index contributed by atoms with van der Waals surface area (Å²) in [5.74, 6) is 0.397. The highest BCUT2D eigenvalue weighted by Crippen LogP contribution is 2.10. The van der Waals surface area contributed by atoms with Crippen molar-refractivity contribution in [3.63, 3.8) is 0 Å². The van der Waals surface area contributed by atoms with Gasteiger partial charge in [0.05, 0.1) is 6.54 Å². The number of nitrogens with zero attached hydrogens (tertiary/aromatic N) is 2. The molecule has 0 amide bonds. The molecular weight excluding hydrogens is 188 g/mol. The molecule has 0 aromatic carbocycles. The van der Waals surface area contributed by atoms with Gasteiger partial charge in [0.1, 0.15) is 5.82 Å². The Morgan fingerprint density at radius 1 is 1.57 bits per heavy atom. The van der Waals surface area contributed by atoms with E-state index in [0.29, 0.717) is 12.4 Å². The van der Waals surface area contributed by atoms with Gasteiger partial charge in [-0.05, 0) is 13.1 Å². The van der Waals surface area contributed by atoms with Crippen molar-refractivity contribution in [3.05, 3.63) is 23.9 Å². The second-order valence-corrected chi connectivity index (χ2v) is 3.14. The number of pyridine rings is 1. The SMILES string of the molecule is CN(Cc1cccnc1N)CC(F)F. The van der Waals surface area contributed by atoms with Gasteiger partial charge < -0.3 is 5.73 Å². The van der Waals surface area contributed by atoms with E-state index in [2.05, 4.69) is 4.98 Å². The van der Waals surface area contributed by atoms with Gasteiger partial charge >= 0.3 is 0 Å². The van der Waals surface area contributed by atoms with Crippen molar-refractivity contribution in [2.45, 2.75) is 13.0 Å². The van der Waals surface area contributed by atoms with Crippen molar-refractivity contribution < 1.29 is 8.78 Å². The van der Waals surface area contributed by atoms with Crippen LogP contribution in [-0.2, 0) is 6.54 Å². The third-order valence-electron chi connectivity index (χ3n) is 1.82. The largest absolute Gasteiger partial charge is 0.383 e. The van der Waals surface area contributed by atoms with Crippen LogP contribution < -0.4 is 5.73 Å². The fourth-order valence-electron chi connectivity index (χ4n) is 1.18. The molecule has 14 heavy (non-hydrogen) atoms. The van der Waals surface area contributed by atoms with Crippen LogP contribution in [0.15, 0.2) is 18.3 Å². The summed E-state index contributed by atoms with van der Waals surface area (Å²) in [4.78, 5) is 5.39. The number of halogens is 2. The standard InChI is InChI=1S/C9H13F2N3/c1-14(6-8(10)11)5-7-3-2-4-13-9(7)12/h2-4,8H,5-6H2,1H3,(H2,12,13). The molecule has 2 N–H and O–H groups in total. The Morgan fingerprint density at radius 3 is 2.86 bits per heavy atom. The molecule has 78 valence electrons. The van der Waals surface area contributed by atoms with E-state index in [9.17, 15) is 8.78 Å². The van der Waals surface area contributed by atoms with Gasteiger partial charge in [0.15, 0.2) is 0 Å². The van der Waals surface area contributed by atoms with E-state index in [1.165, 1.54) is 4.90 Å². The number of aromatic nitrogens is 1. The number of anilines is 1. The zero-order valence-corrected chi connectivity index (χ0v) is 7.95. The minimum Gasteiger partial charge on any atom is -0.383 e. The lowest BCUT2D eigenvalue weighted by molar-refractivity contribution is 0.0976. The normalized spacial score (nSPS) is 11.2. The third-order valence-corrected chi connectivity index (χ3v) is 1.82. The van der Waals surface area contributed by atoms with Crippen molar-refractivity contribution in [1.29, 1.82) is 0 Å². The molecule has 1 rings (SSSR count). The Balaban J connectivity index is 2.56. The monoisotopic (exact) mass is 201 g/mol. The summed E-state index contributed by atoms with van der Waals surface area (Å²) in [5.41, 5.74) is 6.35. The van der Waals surface area contributed by atoms with Gasteiger partial charge in [-0.25, -0.2) is 13.8 Å². The van der Waals surface area contributed by atoms with Crippen LogP contribution in [0.3, 0.4) is 0 Å². The second-order valence-electron chi connectivity index (χ2n) is 3.14. The molecule has 0 atom stereocenters. The molecular formula is C9H13F2N3. The van der Waals surface area contributed by atoms with Crippen LogP contribution in [0.1, 0.15) is 5.56 Å². The average Bonchev–Trinajstić information content (AvgIpc) is 2.07. The van der Waals surface area contributed by atoms with E-state index >= 15 is 0 Å². The van der Waals surface area contributed by atoms with Gasteiger partial charge in [0.25, 0.3) is 6.43 Å². The maximum absolute atomic E-state index is 12.0. The molecule has 0 radical (unpaired) electrons. The summed E-state index contributed by atoms with van der Waals surface area (Å²) in [6, 6.07) is 3.52. The molecule has 0 aliphatic heterocycles. The predicted octanol–water partition coefficient (Wildman–Crippen LogP) is 1.36. The molecule has 1 aromatic rings. The van der Waals surface area contributed by atoms with Crippen LogP contribution in [-0.4, -0.2) is 29.9 Å². The van der Waals surface area contributed by atoms with Gasteiger partial charge in [-0.15, -0.1) is 0 Å². The average molecular weight is 201 g/mol. The lowest BCUT2D eigenvalue weighted by Crippen LogP contribution is -2.24. The quantitative estimate of drug-likeness (QED) is 0.799. The molecule has 0 unspecified atom stereocenters. The van der Waals surface area contributed by atoms with Crippen molar-refractivity contribution in [2.75, 3.05) is 19.3 Å². The van der Waals surface area contributed by atoms with Gasteiger partial charge in [-0.1, -0.05) is 6.07 Å². The van der Waals surface area contributed by atoms with Crippen LogP contribution in [0.4, 0.5) is 14.6 Å². The highest BCUT2D eigenvalue weighted by molar-refractivity contribution is 5.38. The van der Waals surface area contributed by atoms with E-state index in [0.717, 1.165) is 5.56 Å². The molecule has 0 aliphatic carbocycles. The fourth-order valence-corrected chi connectivity index (χ4v) is 1.18. The smallest absolute Gasteiger partial charge is 0.251 e. The Morgan fingerprint density at radius 2 is 2.29 bits per heavy atom. The summed E-state index contributed by atoms with van der Waals surface area (Å²) in [6.45, 7) is 0.137. The number of rotatable bonds is 4. The number of alkyl halides is 2. The van der Waals surface area contributed by atoms with E-state index < -0.39 is 6.43 Å². The van der Waals surface area contributed by atoms with Crippen molar-refractivity contribution in [2.24, 2.45) is 0 Å². The highest BCUT2D eigenvalue weighted by atomic mass is 19.3. The Hall–Kier alpha value is -1.23. The number of hydrogen-bond acceptors (Lipinski definition) is 3. The minimum absolute atomic E-state index is 0.256. The van der Waals surface area contributed by atoms with E-state index in [1.807, 2.05) is 0 Å². The van der Waals surface area contributed by atoms with Crippen LogP contribution >= 0.6 is 0 Å². The molecule has 0 spiro atoms. The van der Waals surface area contributed by atoms with E-state index in [-0.39, 0.29) is 6.54 Å². The maximum atomic E-state index is 12.0. The first-order chi connectivity index (χ1) is 6.59. The lowest BCUT2D eigenvalue weighted by atomic mass is 10.2. The maximum Gasteiger partial charge on any atom is 0.251 e. The molecule has 0 aliphatic rings. The van der Waals surface area contributed by atoms with Crippen LogP contribution in [0.2, 0.25) is 0 Å². The predicted molar refractivity (Wildman–Crippen MR) is 51.0 cm³/mol. The van der Waals surface area contributed by atoms with E-state index in [4.69, 9.17) is 5.73 Å². The third kappa shape index (κ3) is 3.26.